The lowest BCUT2D eigenvalue weighted by Gasteiger charge is -2.32. The average molecular weight is 196 g/mol. The Hall–Kier alpha value is -0.0800. The van der Waals surface area contributed by atoms with Gasteiger partial charge in [-0.2, -0.15) is 0 Å². The van der Waals surface area contributed by atoms with Crippen molar-refractivity contribution in [3.63, 3.8) is 0 Å². The van der Waals surface area contributed by atoms with Crippen LogP contribution in [-0.4, -0.2) is 30.1 Å². The second kappa shape index (κ2) is 3.82. The number of likely N-dealkylation sites (tertiary alicyclic amines) is 1. The van der Waals surface area contributed by atoms with Crippen molar-refractivity contribution in [2.45, 2.75) is 58.0 Å². The van der Waals surface area contributed by atoms with Gasteiger partial charge in [-0.05, 0) is 31.6 Å². The van der Waals surface area contributed by atoms with E-state index in [0.29, 0.717) is 17.5 Å². The lowest BCUT2D eigenvalue weighted by atomic mass is 9.88. The van der Waals surface area contributed by atoms with Crippen LogP contribution in [-0.2, 0) is 0 Å². The first-order chi connectivity index (χ1) is 6.61. The molecule has 2 nitrogen and oxygen atoms in total. The van der Waals surface area contributed by atoms with Crippen LogP contribution in [0.1, 0.15) is 46.0 Å². The highest BCUT2D eigenvalue weighted by molar-refractivity contribution is 4.91. The fourth-order valence-electron chi connectivity index (χ4n) is 3.13. The summed E-state index contributed by atoms with van der Waals surface area (Å²) in [5.41, 5.74) is 6.64. The van der Waals surface area contributed by atoms with Crippen molar-refractivity contribution >= 4 is 0 Å². The van der Waals surface area contributed by atoms with Gasteiger partial charge >= 0.3 is 0 Å². The third-order valence-corrected chi connectivity index (χ3v) is 4.34. The van der Waals surface area contributed by atoms with Crippen LogP contribution in [0.3, 0.4) is 0 Å². The Morgan fingerprint density at radius 2 is 2.00 bits per heavy atom. The van der Waals surface area contributed by atoms with Crippen LogP contribution in [0.15, 0.2) is 0 Å². The number of hydrogen-bond acceptors (Lipinski definition) is 2. The molecule has 0 aromatic heterocycles. The highest BCUT2D eigenvalue weighted by atomic mass is 15.2. The van der Waals surface area contributed by atoms with E-state index in [1.165, 1.54) is 45.2 Å². The van der Waals surface area contributed by atoms with Gasteiger partial charge in [-0.3, -0.25) is 4.90 Å². The number of hydrogen-bond donors (Lipinski definition) is 1. The van der Waals surface area contributed by atoms with Crippen LogP contribution in [0.2, 0.25) is 0 Å². The predicted octanol–water partition coefficient (Wildman–Crippen LogP) is 1.99. The third kappa shape index (κ3) is 1.96. The molecule has 2 fully saturated rings. The van der Waals surface area contributed by atoms with E-state index in [-0.39, 0.29) is 0 Å². The van der Waals surface area contributed by atoms with Crippen molar-refractivity contribution in [1.29, 1.82) is 0 Å². The molecule has 1 saturated heterocycles. The van der Waals surface area contributed by atoms with Crippen molar-refractivity contribution in [3.8, 4) is 0 Å². The van der Waals surface area contributed by atoms with E-state index in [2.05, 4.69) is 18.7 Å². The first-order valence-corrected chi connectivity index (χ1v) is 6.10. The molecule has 0 spiro atoms. The molecule has 1 aliphatic carbocycles. The highest BCUT2D eigenvalue weighted by Crippen LogP contribution is 2.39. The summed E-state index contributed by atoms with van der Waals surface area (Å²) in [6, 6.07) is 1.02. The van der Waals surface area contributed by atoms with Crippen molar-refractivity contribution in [1.82, 2.24) is 4.90 Å². The maximum absolute atomic E-state index is 6.04. The second-order valence-electron chi connectivity index (χ2n) is 5.68. The van der Waals surface area contributed by atoms with Crippen LogP contribution in [0.4, 0.5) is 0 Å². The first kappa shape index (κ1) is 10.4. The lowest BCUT2D eigenvalue weighted by molar-refractivity contribution is 0.159. The number of rotatable bonds is 2. The van der Waals surface area contributed by atoms with Crippen LogP contribution in [0, 0.1) is 5.41 Å². The Morgan fingerprint density at radius 3 is 2.50 bits per heavy atom. The van der Waals surface area contributed by atoms with Crippen LogP contribution < -0.4 is 5.73 Å². The maximum Gasteiger partial charge on any atom is 0.0219 e. The predicted molar refractivity (Wildman–Crippen MR) is 60.2 cm³/mol. The molecule has 2 heteroatoms. The molecule has 0 aromatic carbocycles. The van der Waals surface area contributed by atoms with Gasteiger partial charge in [-0.25, -0.2) is 0 Å². The monoisotopic (exact) mass is 196 g/mol. The first-order valence-electron chi connectivity index (χ1n) is 6.10. The van der Waals surface area contributed by atoms with E-state index in [1.807, 2.05) is 0 Å². The molecular formula is C12H24N2. The summed E-state index contributed by atoms with van der Waals surface area (Å²) in [5.74, 6) is 0. The lowest BCUT2D eigenvalue weighted by Crippen LogP contribution is -2.41. The van der Waals surface area contributed by atoms with E-state index in [1.54, 1.807) is 0 Å². The van der Waals surface area contributed by atoms with Gasteiger partial charge < -0.3 is 5.73 Å². The Morgan fingerprint density at radius 1 is 1.36 bits per heavy atom. The molecule has 14 heavy (non-hydrogen) atoms. The molecule has 2 aliphatic rings. The Kier molecular flexibility index (Phi) is 2.85. The summed E-state index contributed by atoms with van der Waals surface area (Å²) in [6.07, 6.45) is 6.91. The standard InChI is InChI=1S/C12H24N2/c1-10-11(13)5-8-14(10)9-12(2)6-3-4-7-12/h10-11H,3-9,13H2,1-2H3. The summed E-state index contributed by atoms with van der Waals surface area (Å²) in [4.78, 5) is 2.61. The van der Waals surface area contributed by atoms with Crippen LogP contribution in [0.5, 0.6) is 0 Å². The summed E-state index contributed by atoms with van der Waals surface area (Å²) in [7, 11) is 0. The van der Waals surface area contributed by atoms with Crippen LogP contribution >= 0.6 is 0 Å². The minimum atomic E-state index is 0.417. The minimum absolute atomic E-state index is 0.417. The van der Waals surface area contributed by atoms with E-state index in [9.17, 15) is 0 Å². The molecule has 1 heterocycles. The van der Waals surface area contributed by atoms with E-state index in [4.69, 9.17) is 5.73 Å². The molecule has 2 N–H and O–H groups in total. The average Bonchev–Trinajstić information content (AvgIpc) is 2.68. The number of nitrogens with zero attached hydrogens (tertiary/aromatic N) is 1. The summed E-state index contributed by atoms with van der Waals surface area (Å²) < 4.78 is 0. The fraction of sp³-hybridized carbons (Fsp3) is 1.00. The van der Waals surface area contributed by atoms with Crippen molar-refractivity contribution in [2.24, 2.45) is 11.1 Å². The second-order valence-corrected chi connectivity index (χ2v) is 5.68. The molecule has 1 saturated carbocycles. The Balaban J connectivity index is 1.91. The molecule has 1 aliphatic heterocycles. The highest BCUT2D eigenvalue weighted by Gasteiger charge is 2.35. The fourth-order valence-corrected chi connectivity index (χ4v) is 3.13. The zero-order valence-electron chi connectivity index (χ0n) is 9.63. The zero-order chi connectivity index (χ0) is 10.2. The molecule has 0 amide bonds. The maximum atomic E-state index is 6.04. The van der Waals surface area contributed by atoms with Gasteiger partial charge in [0.05, 0.1) is 0 Å². The molecule has 0 bridgehead atoms. The van der Waals surface area contributed by atoms with Gasteiger partial charge in [0.15, 0.2) is 0 Å². The van der Waals surface area contributed by atoms with Crippen molar-refractivity contribution in [3.05, 3.63) is 0 Å². The number of nitrogens with two attached hydrogens (primary N) is 1. The van der Waals surface area contributed by atoms with Gasteiger partial charge in [0, 0.05) is 25.2 Å². The largest absolute Gasteiger partial charge is 0.326 e. The van der Waals surface area contributed by atoms with E-state index >= 15 is 0 Å². The summed E-state index contributed by atoms with van der Waals surface area (Å²) >= 11 is 0. The van der Waals surface area contributed by atoms with Gasteiger partial charge in [-0.15, -0.1) is 0 Å². The summed E-state index contributed by atoms with van der Waals surface area (Å²) in [6.45, 7) is 7.24. The smallest absolute Gasteiger partial charge is 0.0219 e. The molecule has 2 rings (SSSR count). The quantitative estimate of drug-likeness (QED) is 0.732. The van der Waals surface area contributed by atoms with Gasteiger partial charge in [0.2, 0.25) is 0 Å². The molecule has 82 valence electrons. The Labute approximate surface area is 87.8 Å². The molecule has 2 unspecified atom stereocenters. The van der Waals surface area contributed by atoms with Gasteiger partial charge in [0.25, 0.3) is 0 Å². The minimum Gasteiger partial charge on any atom is -0.326 e. The topological polar surface area (TPSA) is 29.3 Å². The van der Waals surface area contributed by atoms with Crippen molar-refractivity contribution < 1.29 is 0 Å². The van der Waals surface area contributed by atoms with E-state index < -0.39 is 0 Å². The van der Waals surface area contributed by atoms with Crippen LogP contribution in [0.25, 0.3) is 0 Å². The molecule has 0 aromatic rings. The molecule has 0 radical (unpaired) electrons. The van der Waals surface area contributed by atoms with Gasteiger partial charge in [0.1, 0.15) is 0 Å². The van der Waals surface area contributed by atoms with Crippen molar-refractivity contribution in [2.75, 3.05) is 13.1 Å². The Bertz CT molecular complexity index is 196. The SMILES string of the molecule is CC1C(N)CCN1CC1(C)CCCC1. The molecular weight excluding hydrogens is 172 g/mol. The van der Waals surface area contributed by atoms with Gasteiger partial charge in [-0.1, -0.05) is 19.8 Å². The molecule has 2 atom stereocenters. The van der Waals surface area contributed by atoms with E-state index in [0.717, 1.165) is 0 Å². The zero-order valence-corrected chi connectivity index (χ0v) is 9.63. The third-order valence-electron chi connectivity index (χ3n) is 4.34. The summed E-state index contributed by atoms with van der Waals surface area (Å²) in [5, 5.41) is 0. The normalized spacial score (nSPS) is 37.9.